The quantitative estimate of drug-likeness (QED) is 0.601. The van der Waals surface area contributed by atoms with E-state index in [1.807, 2.05) is 6.07 Å². The summed E-state index contributed by atoms with van der Waals surface area (Å²) < 4.78 is 15.7. The predicted octanol–water partition coefficient (Wildman–Crippen LogP) is 3.05. The molecule has 100 valence electrons. The molecule has 0 aliphatic heterocycles. The van der Waals surface area contributed by atoms with E-state index in [1.165, 1.54) is 0 Å². The van der Waals surface area contributed by atoms with Crippen molar-refractivity contribution in [2.45, 2.75) is 5.88 Å². The highest BCUT2D eigenvalue weighted by Gasteiger charge is 2.11. The van der Waals surface area contributed by atoms with Crippen LogP contribution in [0, 0.1) is 0 Å². The molecule has 1 heterocycles. The van der Waals surface area contributed by atoms with E-state index in [-0.39, 0.29) is 5.88 Å². The molecule has 0 fully saturated rings. The lowest BCUT2D eigenvalue weighted by Gasteiger charge is -2.09. The predicted molar refractivity (Wildman–Crippen MR) is 71.5 cm³/mol. The van der Waals surface area contributed by atoms with Gasteiger partial charge in [0, 0.05) is 5.56 Å². The normalized spacial score (nSPS) is 10.2. The van der Waals surface area contributed by atoms with Gasteiger partial charge in [-0.3, -0.25) is 0 Å². The largest absolute Gasteiger partial charge is 0.493 e. The smallest absolute Gasteiger partial charge is 0.241 e. The number of hydrogen-bond acceptors (Lipinski definition) is 5. The lowest BCUT2D eigenvalue weighted by Crippen LogP contribution is -1.96. The summed E-state index contributed by atoms with van der Waals surface area (Å²) in [5.74, 6) is 2.25. The topological polar surface area (TPSA) is 57.4 Å². The summed E-state index contributed by atoms with van der Waals surface area (Å²) >= 11 is 5.62. The van der Waals surface area contributed by atoms with E-state index in [2.05, 4.69) is 16.7 Å². The third kappa shape index (κ3) is 3.06. The van der Waals surface area contributed by atoms with Gasteiger partial charge in [0.25, 0.3) is 0 Å². The zero-order valence-electron chi connectivity index (χ0n) is 10.4. The summed E-state index contributed by atoms with van der Waals surface area (Å²) in [5.41, 5.74) is 0.767. The summed E-state index contributed by atoms with van der Waals surface area (Å²) in [7, 11) is 1.57. The van der Waals surface area contributed by atoms with Crippen LogP contribution < -0.4 is 9.47 Å². The lowest BCUT2D eigenvalue weighted by atomic mass is 10.2. The van der Waals surface area contributed by atoms with Crippen LogP contribution in [0.3, 0.4) is 0 Å². The lowest BCUT2D eigenvalue weighted by molar-refractivity contribution is 0.326. The third-order valence-corrected chi connectivity index (χ3v) is 2.59. The number of alkyl halides is 1. The van der Waals surface area contributed by atoms with E-state index < -0.39 is 0 Å². The minimum absolute atomic E-state index is 0.185. The Balaban J connectivity index is 2.29. The van der Waals surface area contributed by atoms with E-state index in [1.54, 1.807) is 25.3 Å². The molecule has 1 aromatic heterocycles. The molecule has 0 saturated carbocycles. The second kappa shape index (κ2) is 6.24. The van der Waals surface area contributed by atoms with Crippen LogP contribution in [0.15, 0.2) is 35.4 Å². The molecule has 0 saturated heterocycles. The monoisotopic (exact) mass is 280 g/mol. The van der Waals surface area contributed by atoms with Crippen molar-refractivity contribution in [1.29, 1.82) is 0 Å². The van der Waals surface area contributed by atoms with Gasteiger partial charge in [-0.1, -0.05) is 17.8 Å². The number of methoxy groups -OCH3 is 1. The third-order valence-electron chi connectivity index (χ3n) is 2.36. The highest BCUT2D eigenvalue weighted by molar-refractivity contribution is 6.16. The van der Waals surface area contributed by atoms with Crippen LogP contribution in [-0.2, 0) is 5.88 Å². The van der Waals surface area contributed by atoms with E-state index in [4.69, 9.17) is 25.6 Å². The van der Waals surface area contributed by atoms with Crippen LogP contribution in [0.4, 0.5) is 0 Å². The number of rotatable bonds is 6. The molecule has 1 aromatic carbocycles. The molecule has 0 radical (unpaired) electrons. The van der Waals surface area contributed by atoms with Gasteiger partial charge >= 0.3 is 0 Å². The van der Waals surface area contributed by atoms with Crippen molar-refractivity contribution >= 4 is 11.6 Å². The number of benzene rings is 1. The number of ether oxygens (including phenoxy) is 2. The molecular formula is C13H13ClN2O3. The van der Waals surface area contributed by atoms with Crippen molar-refractivity contribution in [1.82, 2.24) is 10.1 Å². The minimum atomic E-state index is 0.185. The summed E-state index contributed by atoms with van der Waals surface area (Å²) in [4.78, 5) is 4.14. The summed E-state index contributed by atoms with van der Waals surface area (Å²) in [5, 5.41) is 3.84. The fourth-order valence-electron chi connectivity index (χ4n) is 1.50. The number of aromatic nitrogens is 2. The van der Waals surface area contributed by atoms with Gasteiger partial charge in [-0.15, -0.1) is 11.6 Å². The Morgan fingerprint density at radius 2 is 2.26 bits per heavy atom. The van der Waals surface area contributed by atoms with Crippen molar-refractivity contribution in [2.75, 3.05) is 13.7 Å². The summed E-state index contributed by atoms with van der Waals surface area (Å²) in [6, 6.07) is 5.39. The highest BCUT2D eigenvalue weighted by atomic mass is 35.5. The van der Waals surface area contributed by atoms with Crippen LogP contribution in [0.2, 0.25) is 0 Å². The Morgan fingerprint density at radius 3 is 2.89 bits per heavy atom. The van der Waals surface area contributed by atoms with Crippen molar-refractivity contribution < 1.29 is 14.0 Å². The molecule has 0 bridgehead atoms. The number of halogens is 1. The molecular weight excluding hydrogens is 268 g/mol. The van der Waals surface area contributed by atoms with E-state index in [0.717, 1.165) is 5.56 Å². The molecule has 0 amide bonds. The van der Waals surface area contributed by atoms with Crippen molar-refractivity contribution in [3.63, 3.8) is 0 Å². The standard InChI is InChI=1S/C13H13ClN2O3/c1-3-6-18-10-5-4-9(7-11(10)17-2)13-15-12(8-14)19-16-13/h3-5,7H,1,6,8H2,2H3. The maximum Gasteiger partial charge on any atom is 0.241 e. The fourth-order valence-corrected chi connectivity index (χ4v) is 1.61. The number of hydrogen-bond donors (Lipinski definition) is 0. The maximum atomic E-state index is 5.62. The van der Waals surface area contributed by atoms with Crippen LogP contribution in [0.1, 0.15) is 5.89 Å². The van der Waals surface area contributed by atoms with Crippen LogP contribution >= 0.6 is 11.6 Å². The van der Waals surface area contributed by atoms with Gasteiger partial charge in [0.2, 0.25) is 11.7 Å². The van der Waals surface area contributed by atoms with E-state index in [0.29, 0.717) is 29.8 Å². The highest BCUT2D eigenvalue weighted by Crippen LogP contribution is 2.31. The van der Waals surface area contributed by atoms with Gasteiger partial charge in [-0.25, -0.2) is 0 Å². The molecule has 2 aromatic rings. The first-order valence-electron chi connectivity index (χ1n) is 5.59. The maximum absolute atomic E-state index is 5.62. The van der Waals surface area contributed by atoms with Gasteiger partial charge in [-0.05, 0) is 18.2 Å². The molecule has 6 heteroatoms. The van der Waals surface area contributed by atoms with Crippen LogP contribution in [0.5, 0.6) is 11.5 Å². The van der Waals surface area contributed by atoms with Crippen LogP contribution in [0.25, 0.3) is 11.4 Å². The van der Waals surface area contributed by atoms with Crippen molar-refractivity contribution in [2.24, 2.45) is 0 Å². The second-order valence-electron chi connectivity index (χ2n) is 3.61. The summed E-state index contributed by atoms with van der Waals surface area (Å²) in [6.45, 7) is 4.01. The Bertz CT molecular complexity index is 569. The molecule has 0 atom stereocenters. The molecule has 5 nitrogen and oxygen atoms in total. The molecule has 0 unspecified atom stereocenters. The molecule has 2 rings (SSSR count). The fraction of sp³-hybridized carbons (Fsp3) is 0.231. The Hall–Kier alpha value is -2.01. The Labute approximate surface area is 115 Å². The second-order valence-corrected chi connectivity index (χ2v) is 3.88. The molecule has 0 N–H and O–H groups in total. The average molecular weight is 281 g/mol. The molecule has 0 spiro atoms. The molecule has 19 heavy (non-hydrogen) atoms. The zero-order chi connectivity index (χ0) is 13.7. The Kier molecular flexibility index (Phi) is 4.41. The number of nitrogens with zero attached hydrogens (tertiary/aromatic N) is 2. The summed E-state index contributed by atoms with van der Waals surface area (Å²) in [6.07, 6.45) is 1.67. The zero-order valence-corrected chi connectivity index (χ0v) is 11.2. The first-order chi connectivity index (χ1) is 9.28. The van der Waals surface area contributed by atoms with Crippen LogP contribution in [-0.4, -0.2) is 23.9 Å². The Morgan fingerprint density at radius 1 is 1.42 bits per heavy atom. The van der Waals surface area contributed by atoms with Gasteiger partial charge in [0.05, 0.1) is 7.11 Å². The first kappa shape index (κ1) is 13.4. The van der Waals surface area contributed by atoms with Gasteiger partial charge in [-0.2, -0.15) is 4.98 Å². The molecule has 0 aliphatic rings. The van der Waals surface area contributed by atoms with Gasteiger partial charge < -0.3 is 14.0 Å². The van der Waals surface area contributed by atoms with Crippen molar-refractivity contribution in [3.8, 4) is 22.9 Å². The minimum Gasteiger partial charge on any atom is -0.493 e. The van der Waals surface area contributed by atoms with Gasteiger partial charge in [0.15, 0.2) is 11.5 Å². The first-order valence-corrected chi connectivity index (χ1v) is 6.12. The molecule has 0 aliphatic carbocycles. The van der Waals surface area contributed by atoms with E-state index >= 15 is 0 Å². The average Bonchev–Trinajstić information content (AvgIpc) is 2.93. The SMILES string of the molecule is C=CCOc1ccc(-c2noc(CCl)n2)cc1OC. The van der Waals surface area contributed by atoms with Crippen molar-refractivity contribution in [3.05, 3.63) is 36.7 Å². The van der Waals surface area contributed by atoms with Gasteiger partial charge in [0.1, 0.15) is 12.5 Å². The van der Waals surface area contributed by atoms with E-state index in [9.17, 15) is 0 Å².